The summed E-state index contributed by atoms with van der Waals surface area (Å²) in [4.78, 5) is 16.7. The molecule has 0 fully saturated rings. The van der Waals surface area contributed by atoms with E-state index in [9.17, 15) is 13.2 Å². The molecule has 0 radical (unpaired) electrons. The van der Waals surface area contributed by atoms with Crippen molar-refractivity contribution in [1.29, 1.82) is 0 Å². The zero-order chi connectivity index (χ0) is 20.9. The fraction of sp³-hybridized carbons (Fsp3) is 0.100. The van der Waals surface area contributed by atoms with Crippen LogP contribution in [-0.4, -0.2) is 25.9 Å². The van der Waals surface area contributed by atoms with E-state index in [1.807, 2.05) is 6.92 Å². The molecular formula is C20H18BrN3O4S. The minimum Gasteiger partial charge on any atom is -0.492 e. The molecular weight excluding hydrogens is 458 g/mol. The lowest BCUT2D eigenvalue weighted by Gasteiger charge is -2.12. The molecule has 7 nitrogen and oxygen atoms in total. The number of anilines is 2. The fourth-order valence-corrected chi connectivity index (χ4v) is 3.79. The molecule has 3 rings (SSSR count). The molecule has 0 unspecified atom stereocenters. The highest BCUT2D eigenvalue weighted by molar-refractivity contribution is 9.10. The van der Waals surface area contributed by atoms with Crippen molar-refractivity contribution in [3.63, 3.8) is 0 Å². The number of hydrogen-bond acceptors (Lipinski definition) is 5. The van der Waals surface area contributed by atoms with Gasteiger partial charge in [-0.25, -0.2) is 8.42 Å². The van der Waals surface area contributed by atoms with E-state index in [4.69, 9.17) is 4.74 Å². The second kappa shape index (κ2) is 9.06. The van der Waals surface area contributed by atoms with Gasteiger partial charge in [-0.2, -0.15) is 0 Å². The number of nitrogens with one attached hydrogen (secondary N) is 2. The van der Waals surface area contributed by atoms with Crippen LogP contribution in [0.2, 0.25) is 0 Å². The first-order chi connectivity index (χ1) is 13.9. The molecule has 0 atom stereocenters. The maximum absolute atomic E-state index is 12.6. The highest BCUT2D eigenvalue weighted by Gasteiger charge is 2.16. The van der Waals surface area contributed by atoms with Crippen molar-refractivity contribution in [3.05, 3.63) is 77.0 Å². The van der Waals surface area contributed by atoms with Gasteiger partial charge in [0.2, 0.25) is 0 Å². The summed E-state index contributed by atoms with van der Waals surface area (Å²) in [7, 11) is -3.81. The van der Waals surface area contributed by atoms with Gasteiger partial charge in [-0.05, 0) is 49.4 Å². The molecule has 150 valence electrons. The van der Waals surface area contributed by atoms with Crippen LogP contribution < -0.4 is 14.8 Å². The summed E-state index contributed by atoms with van der Waals surface area (Å²) < 4.78 is 33.8. The van der Waals surface area contributed by atoms with E-state index in [2.05, 4.69) is 31.0 Å². The summed E-state index contributed by atoms with van der Waals surface area (Å²) in [5.74, 6) is 0.109. The third-order valence-electron chi connectivity index (χ3n) is 3.81. The molecule has 2 aromatic carbocycles. The molecule has 3 aromatic rings. The van der Waals surface area contributed by atoms with Crippen LogP contribution in [0.1, 0.15) is 17.3 Å². The van der Waals surface area contributed by atoms with Crippen LogP contribution in [0.15, 0.2) is 76.4 Å². The summed E-state index contributed by atoms with van der Waals surface area (Å²) in [6.07, 6.45) is 2.69. The first-order valence-corrected chi connectivity index (χ1v) is 10.9. The lowest BCUT2D eigenvalue weighted by Crippen LogP contribution is -2.16. The number of para-hydroxylation sites is 2. The van der Waals surface area contributed by atoms with E-state index in [1.165, 1.54) is 30.6 Å². The molecule has 9 heteroatoms. The van der Waals surface area contributed by atoms with Gasteiger partial charge in [0.05, 0.1) is 34.6 Å². The number of hydrogen-bond donors (Lipinski definition) is 2. The zero-order valence-electron chi connectivity index (χ0n) is 15.4. The van der Waals surface area contributed by atoms with Gasteiger partial charge in [0.25, 0.3) is 15.9 Å². The molecule has 1 heterocycles. The number of nitrogens with zero attached hydrogens (tertiary/aromatic N) is 1. The Bertz CT molecular complexity index is 1120. The molecule has 0 saturated heterocycles. The van der Waals surface area contributed by atoms with E-state index in [1.54, 1.807) is 36.4 Å². The Kier molecular flexibility index (Phi) is 6.50. The number of rotatable bonds is 7. The maximum atomic E-state index is 12.6. The Hall–Kier alpha value is -2.91. The predicted octanol–water partition coefficient (Wildman–Crippen LogP) is 4.30. The molecule has 29 heavy (non-hydrogen) atoms. The van der Waals surface area contributed by atoms with E-state index >= 15 is 0 Å². The van der Waals surface area contributed by atoms with Crippen molar-refractivity contribution < 1.29 is 17.9 Å². The third-order valence-corrected chi connectivity index (χ3v) is 5.74. The summed E-state index contributed by atoms with van der Waals surface area (Å²) >= 11 is 3.27. The second-order valence-electron chi connectivity index (χ2n) is 5.91. The second-order valence-corrected chi connectivity index (χ2v) is 8.50. The molecule has 1 amide bonds. The average molecular weight is 476 g/mol. The van der Waals surface area contributed by atoms with Crippen LogP contribution in [0.3, 0.4) is 0 Å². The summed E-state index contributed by atoms with van der Waals surface area (Å²) in [6, 6.07) is 14.7. The number of sulfonamides is 1. The number of halogens is 1. The number of benzene rings is 2. The molecule has 0 aliphatic carbocycles. The molecule has 2 N–H and O–H groups in total. The number of ether oxygens (including phenoxy) is 1. The summed E-state index contributed by atoms with van der Waals surface area (Å²) in [6.45, 7) is 2.31. The van der Waals surface area contributed by atoms with Gasteiger partial charge in [-0.15, -0.1) is 0 Å². The average Bonchev–Trinajstić information content (AvgIpc) is 2.70. The van der Waals surface area contributed by atoms with E-state index in [0.29, 0.717) is 18.0 Å². The first-order valence-electron chi connectivity index (χ1n) is 8.65. The van der Waals surface area contributed by atoms with Crippen molar-refractivity contribution in [1.82, 2.24) is 4.98 Å². The predicted molar refractivity (Wildman–Crippen MR) is 115 cm³/mol. The van der Waals surface area contributed by atoms with Crippen LogP contribution >= 0.6 is 15.9 Å². The lowest BCUT2D eigenvalue weighted by atomic mass is 10.2. The van der Waals surface area contributed by atoms with Gasteiger partial charge in [0, 0.05) is 10.7 Å². The van der Waals surface area contributed by atoms with Gasteiger partial charge >= 0.3 is 0 Å². The van der Waals surface area contributed by atoms with Gasteiger partial charge in [0.1, 0.15) is 5.75 Å². The molecule has 0 saturated carbocycles. The Morgan fingerprint density at radius 1 is 1.10 bits per heavy atom. The molecule has 0 aliphatic heterocycles. The van der Waals surface area contributed by atoms with Gasteiger partial charge < -0.3 is 10.1 Å². The van der Waals surface area contributed by atoms with Crippen molar-refractivity contribution in [3.8, 4) is 5.75 Å². The summed E-state index contributed by atoms with van der Waals surface area (Å²) in [5, 5.41) is 2.75. The highest BCUT2D eigenvalue weighted by atomic mass is 79.9. The molecule has 0 aliphatic rings. The molecule has 0 spiro atoms. The Morgan fingerprint density at radius 3 is 2.55 bits per heavy atom. The van der Waals surface area contributed by atoms with Crippen molar-refractivity contribution in [2.24, 2.45) is 0 Å². The Morgan fingerprint density at radius 2 is 1.83 bits per heavy atom. The van der Waals surface area contributed by atoms with E-state index in [-0.39, 0.29) is 16.1 Å². The minimum absolute atomic E-state index is 0.0983. The largest absolute Gasteiger partial charge is 0.492 e. The topological polar surface area (TPSA) is 97.4 Å². The van der Waals surface area contributed by atoms with Crippen LogP contribution in [-0.2, 0) is 10.0 Å². The fourth-order valence-electron chi connectivity index (χ4n) is 2.49. The normalized spacial score (nSPS) is 11.0. The number of carbonyl (C=O) groups excluding carboxylic acids is 1. The number of aromatic nitrogens is 1. The van der Waals surface area contributed by atoms with Crippen LogP contribution in [0.5, 0.6) is 5.75 Å². The number of pyridine rings is 1. The Labute approximate surface area is 177 Å². The SMILES string of the molecule is CCOc1ccccc1NC(=O)c1cncc(NS(=O)(=O)c2ccc(Br)cc2)c1. The van der Waals surface area contributed by atoms with Crippen LogP contribution in [0.4, 0.5) is 11.4 Å². The monoisotopic (exact) mass is 475 g/mol. The van der Waals surface area contributed by atoms with Crippen LogP contribution in [0.25, 0.3) is 0 Å². The standard InChI is InChI=1S/C20H18BrN3O4S/c1-2-28-19-6-4-3-5-18(19)23-20(25)14-11-16(13-22-12-14)24-29(26,27)17-9-7-15(21)8-10-17/h3-13,24H,2H2,1H3,(H,23,25). The highest BCUT2D eigenvalue weighted by Crippen LogP contribution is 2.25. The van der Waals surface area contributed by atoms with Crippen molar-refractivity contribution in [2.75, 3.05) is 16.6 Å². The zero-order valence-corrected chi connectivity index (χ0v) is 17.8. The smallest absolute Gasteiger partial charge is 0.261 e. The number of carbonyl (C=O) groups is 1. The quantitative estimate of drug-likeness (QED) is 0.530. The first kappa shape index (κ1) is 20.8. The van der Waals surface area contributed by atoms with Gasteiger partial charge in [-0.1, -0.05) is 28.1 Å². The van der Waals surface area contributed by atoms with E-state index in [0.717, 1.165) is 4.47 Å². The third kappa shape index (κ3) is 5.33. The van der Waals surface area contributed by atoms with E-state index < -0.39 is 15.9 Å². The van der Waals surface area contributed by atoms with Crippen molar-refractivity contribution in [2.45, 2.75) is 11.8 Å². The Balaban J connectivity index is 1.79. The van der Waals surface area contributed by atoms with Gasteiger partial charge in [0.15, 0.2) is 0 Å². The summed E-state index contributed by atoms with van der Waals surface area (Å²) in [5.41, 5.74) is 0.895. The van der Waals surface area contributed by atoms with Crippen molar-refractivity contribution >= 4 is 43.2 Å². The molecule has 0 bridgehead atoms. The maximum Gasteiger partial charge on any atom is 0.261 e. The number of amides is 1. The lowest BCUT2D eigenvalue weighted by molar-refractivity contribution is 0.102. The van der Waals surface area contributed by atoms with Crippen LogP contribution in [0, 0.1) is 0 Å². The minimum atomic E-state index is -3.81. The molecule has 1 aromatic heterocycles. The van der Waals surface area contributed by atoms with Gasteiger partial charge in [-0.3, -0.25) is 14.5 Å².